The molecule has 0 aliphatic carbocycles. The number of carbonyl (C=O) groups is 2. The predicted octanol–water partition coefficient (Wildman–Crippen LogP) is 0.712. The van der Waals surface area contributed by atoms with Gasteiger partial charge in [0.2, 0.25) is 11.8 Å². The van der Waals surface area contributed by atoms with Crippen molar-refractivity contribution >= 4 is 23.2 Å². The Hall–Kier alpha value is -1.44. The van der Waals surface area contributed by atoms with E-state index in [9.17, 15) is 9.59 Å². The second kappa shape index (κ2) is 9.00. The first-order valence-electron chi connectivity index (χ1n) is 8.11. The Morgan fingerprint density at radius 2 is 2.09 bits per heavy atom. The van der Waals surface area contributed by atoms with Crippen LogP contribution in [-0.2, 0) is 9.59 Å². The fourth-order valence-corrected chi connectivity index (χ4v) is 3.62. The van der Waals surface area contributed by atoms with Gasteiger partial charge in [-0.05, 0) is 43.3 Å². The summed E-state index contributed by atoms with van der Waals surface area (Å²) in [6, 6.07) is 4.37. The van der Waals surface area contributed by atoms with Crippen molar-refractivity contribution in [1.29, 1.82) is 0 Å². The van der Waals surface area contributed by atoms with E-state index in [1.807, 2.05) is 6.07 Å². The number of amides is 2. The molecule has 0 radical (unpaired) electrons. The van der Waals surface area contributed by atoms with Gasteiger partial charge in [0.05, 0.1) is 19.1 Å². The van der Waals surface area contributed by atoms with Crippen LogP contribution in [0, 0.1) is 5.92 Å². The maximum Gasteiger partial charge on any atom is 0.239 e. The largest absolute Gasteiger partial charge is 0.353 e. The third kappa shape index (κ3) is 5.60. The zero-order valence-corrected chi connectivity index (χ0v) is 14.4. The van der Waals surface area contributed by atoms with E-state index in [0.29, 0.717) is 6.54 Å². The van der Waals surface area contributed by atoms with Gasteiger partial charge in [0.1, 0.15) is 0 Å². The average molecular weight is 338 g/mol. The molecule has 0 spiro atoms. The topological polar surface area (TPSA) is 87.5 Å². The number of nitrogens with one attached hydrogen (secondary N) is 2. The van der Waals surface area contributed by atoms with Crippen LogP contribution in [0.4, 0.5) is 0 Å². The lowest BCUT2D eigenvalue weighted by atomic mass is 9.97. The highest BCUT2D eigenvalue weighted by Gasteiger charge is 2.25. The van der Waals surface area contributed by atoms with E-state index in [1.165, 1.54) is 17.7 Å². The maximum absolute atomic E-state index is 11.9. The second-order valence-electron chi connectivity index (χ2n) is 6.03. The third-order valence-electron chi connectivity index (χ3n) is 4.25. The molecule has 1 saturated heterocycles. The molecule has 2 rings (SSSR count). The van der Waals surface area contributed by atoms with Crippen LogP contribution in [0.25, 0.3) is 0 Å². The van der Waals surface area contributed by atoms with Crippen molar-refractivity contribution in [2.24, 2.45) is 11.7 Å². The lowest BCUT2D eigenvalue weighted by Crippen LogP contribution is -2.44. The molecule has 2 amide bonds. The van der Waals surface area contributed by atoms with Gasteiger partial charge >= 0.3 is 0 Å². The Morgan fingerprint density at radius 1 is 1.35 bits per heavy atom. The van der Waals surface area contributed by atoms with Gasteiger partial charge < -0.3 is 16.4 Å². The number of hydrogen-bond donors (Lipinski definition) is 3. The van der Waals surface area contributed by atoms with Crippen LogP contribution in [0.1, 0.15) is 30.7 Å². The fourth-order valence-electron chi connectivity index (χ4n) is 2.75. The van der Waals surface area contributed by atoms with E-state index in [0.717, 1.165) is 19.0 Å². The highest BCUT2D eigenvalue weighted by molar-refractivity contribution is 7.10. The highest BCUT2D eigenvalue weighted by Crippen LogP contribution is 2.28. The van der Waals surface area contributed by atoms with Gasteiger partial charge in [0.25, 0.3) is 0 Å². The minimum absolute atomic E-state index is 0.0236. The van der Waals surface area contributed by atoms with E-state index in [2.05, 4.69) is 33.9 Å². The van der Waals surface area contributed by atoms with E-state index in [1.54, 1.807) is 11.3 Å². The maximum atomic E-state index is 11.9. The number of nitrogens with zero attached hydrogens (tertiary/aromatic N) is 1. The van der Waals surface area contributed by atoms with Crippen molar-refractivity contribution in [3.05, 3.63) is 22.4 Å². The van der Waals surface area contributed by atoms with E-state index in [4.69, 9.17) is 5.73 Å². The zero-order valence-electron chi connectivity index (χ0n) is 13.6. The molecule has 1 aromatic heterocycles. The molecule has 23 heavy (non-hydrogen) atoms. The number of hydrogen-bond acceptors (Lipinski definition) is 5. The summed E-state index contributed by atoms with van der Waals surface area (Å²) >= 11 is 1.72. The normalized spacial score (nSPS) is 17.7. The molecule has 1 aliphatic heterocycles. The first kappa shape index (κ1) is 17.9. The first-order valence-corrected chi connectivity index (χ1v) is 8.99. The van der Waals surface area contributed by atoms with Gasteiger partial charge in [-0.1, -0.05) is 13.0 Å². The minimum atomic E-state index is -0.319. The molecule has 1 aromatic rings. The van der Waals surface area contributed by atoms with Gasteiger partial charge in [0.15, 0.2) is 0 Å². The van der Waals surface area contributed by atoms with Crippen molar-refractivity contribution in [3.8, 4) is 0 Å². The number of nitrogens with two attached hydrogens (primary N) is 1. The molecular formula is C16H26N4O2S. The molecule has 0 aromatic carbocycles. The van der Waals surface area contributed by atoms with Crippen LogP contribution >= 0.6 is 11.3 Å². The van der Waals surface area contributed by atoms with E-state index < -0.39 is 0 Å². The Kier molecular flexibility index (Phi) is 7.01. The summed E-state index contributed by atoms with van der Waals surface area (Å²) in [6.45, 7) is 4.85. The van der Waals surface area contributed by atoms with E-state index >= 15 is 0 Å². The van der Waals surface area contributed by atoms with Gasteiger partial charge in [-0.2, -0.15) is 0 Å². The summed E-state index contributed by atoms with van der Waals surface area (Å²) in [7, 11) is 0. The molecular weight excluding hydrogens is 312 g/mol. The van der Waals surface area contributed by atoms with Crippen molar-refractivity contribution in [2.75, 3.05) is 32.7 Å². The molecule has 1 atom stereocenters. The number of carbonyl (C=O) groups excluding carboxylic acids is 2. The standard InChI is InChI=1S/C16H26N4O2S/c1-12-4-6-20(7-5-12)13(14-3-2-8-23-14)10-18-16(22)11-19-15(21)9-17/h2-3,8,12-13H,4-7,9-11,17H2,1H3,(H,18,22)(H,19,21). The second-order valence-corrected chi connectivity index (χ2v) is 7.01. The summed E-state index contributed by atoms with van der Waals surface area (Å²) < 4.78 is 0. The van der Waals surface area contributed by atoms with Gasteiger partial charge in [-0.3, -0.25) is 14.5 Å². The Bertz CT molecular complexity index is 498. The van der Waals surface area contributed by atoms with Crippen LogP contribution in [0.3, 0.4) is 0 Å². The number of likely N-dealkylation sites (tertiary alicyclic amines) is 1. The van der Waals surface area contributed by atoms with Crippen molar-refractivity contribution < 1.29 is 9.59 Å². The van der Waals surface area contributed by atoms with Gasteiger partial charge in [0, 0.05) is 11.4 Å². The van der Waals surface area contributed by atoms with Crippen LogP contribution in [0.15, 0.2) is 17.5 Å². The van der Waals surface area contributed by atoms with Crippen molar-refractivity contribution in [1.82, 2.24) is 15.5 Å². The molecule has 0 saturated carbocycles. The van der Waals surface area contributed by atoms with Crippen LogP contribution in [-0.4, -0.2) is 49.4 Å². The van der Waals surface area contributed by atoms with Crippen molar-refractivity contribution in [2.45, 2.75) is 25.8 Å². The SMILES string of the molecule is CC1CCN(C(CNC(=O)CNC(=O)CN)c2cccs2)CC1. The number of piperidine rings is 1. The fraction of sp³-hybridized carbons (Fsp3) is 0.625. The lowest BCUT2D eigenvalue weighted by molar-refractivity contribution is -0.125. The molecule has 1 unspecified atom stereocenters. The molecule has 0 bridgehead atoms. The summed E-state index contributed by atoms with van der Waals surface area (Å²) in [5.41, 5.74) is 5.20. The summed E-state index contributed by atoms with van der Waals surface area (Å²) in [6.07, 6.45) is 2.39. The Labute approximate surface area is 141 Å². The van der Waals surface area contributed by atoms with Gasteiger partial charge in [-0.25, -0.2) is 0 Å². The summed E-state index contributed by atoms with van der Waals surface area (Å²) in [5.74, 6) is 0.273. The monoisotopic (exact) mass is 338 g/mol. The van der Waals surface area contributed by atoms with Crippen LogP contribution in [0.5, 0.6) is 0 Å². The van der Waals surface area contributed by atoms with Gasteiger partial charge in [-0.15, -0.1) is 11.3 Å². The van der Waals surface area contributed by atoms with Crippen molar-refractivity contribution in [3.63, 3.8) is 0 Å². The predicted molar refractivity (Wildman–Crippen MR) is 92.1 cm³/mol. The molecule has 6 nitrogen and oxygen atoms in total. The molecule has 1 aliphatic rings. The quantitative estimate of drug-likeness (QED) is 0.683. The summed E-state index contributed by atoms with van der Waals surface area (Å²) in [5, 5.41) is 7.49. The number of thiophene rings is 1. The zero-order chi connectivity index (χ0) is 16.7. The van der Waals surface area contributed by atoms with Crippen LogP contribution < -0.4 is 16.4 Å². The number of rotatable bonds is 7. The van der Waals surface area contributed by atoms with E-state index in [-0.39, 0.29) is 30.9 Å². The average Bonchev–Trinajstić information content (AvgIpc) is 3.08. The molecule has 4 N–H and O–H groups in total. The minimum Gasteiger partial charge on any atom is -0.353 e. The Morgan fingerprint density at radius 3 is 2.70 bits per heavy atom. The molecule has 2 heterocycles. The third-order valence-corrected chi connectivity index (χ3v) is 5.23. The first-order chi connectivity index (χ1) is 11.1. The highest BCUT2D eigenvalue weighted by atomic mass is 32.1. The Balaban J connectivity index is 1.88. The smallest absolute Gasteiger partial charge is 0.239 e. The molecule has 1 fully saturated rings. The molecule has 128 valence electrons. The van der Waals surface area contributed by atoms with Crippen LogP contribution in [0.2, 0.25) is 0 Å². The molecule has 7 heteroatoms. The lowest BCUT2D eigenvalue weighted by Gasteiger charge is -2.36. The summed E-state index contributed by atoms with van der Waals surface area (Å²) in [4.78, 5) is 26.7.